The monoisotopic (exact) mass is 270 g/mol. The molecule has 1 N–H and O–H groups in total. The van der Waals surface area contributed by atoms with Crippen molar-refractivity contribution in [3.63, 3.8) is 0 Å². The second-order valence-electron chi connectivity index (χ2n) is 5.97. The van der Waals surface area contributed by atoms with Gasteiger partial charge in [0.25, 0.3) is 0 Å². The van der Waals surface area contributed by atoms with Crippen LogP contribution in [0.2, 0.25) is 0 Å². The van der Waals surface area contributed by atoms with E-state index in [-0.39, 0.29) is 0 Å². The number of aliphatic hydroxyl groups is 1. The number of hydrogen-bond acceptors (Lipinski definition) is 4. The lowest BCUT2D eigenvalue weighted by molar-refractivity contribution is 0.105. The van der Waals surface area contributed by atoms with E-state index in [1.807, 2.05) is 12.1 Å². The Morgan fingerprint density at radius 2 is 2.15 bits per heavy atom. The van der Waals surface area contributed by atoms with Crippen LogP contribution in [0.25, 0.3) is 11.3 Å². The summed E-state index contributed by atoms with van der Waals surface area (Å²) in [5.74, 6) is 1.05. The number of hydrogen-bond donors (Lipinski definition) is 1. The summed E-state index contributed by atoms with van der Waals surface area (Å²) >= 11 is 0. The van der Waals surface area contributed by atoms with Crippen molar-refractivity contribution in [2.45, 2.75) is 37.6 Å². The van der Waals surface area contributed by atoms with Gasteiger partial charge in [0.05, 0.1) is 17.4 Å². The van der Waals surface area contributed by atoms with Crippen molar-refractivity contribution < 1.29 is 5.11 Å². The van der Waals surface area contributed by atoms with Crippen molar-refractivity contribution in [2.24, 2.45) is 5.92 Å². The van der Waals surface area contributed by atoms with E-state index in [1.165, 1.54) is 18.5 Å². The Morgan fingerprint density at radius 1 is 1.30 bits per heavy atom. The fourth-order valence-electron chi connectivity index (χ4n) is 2.96. The molecule has 2 aliphatic rings. The molecule has 0 atom stereocenters. The number of nitrogens with zero attached hydrogens (tertiary/aromatic N) is 4. The zero-order chi connectivity index (χ0) is 13.5. The molecule has 2 aliphatic carbocycles. The van der Waals surface area contributed by atoms with Crippen molar-refractivity contribution in [1.82, 2.24) is 20.0 Å². The number of aromatic nitrogens is 4. The normalized spacial score (nSPS) is 25.4. The Kier molecular flexibility index (Phi) is 2.80. The van der Waals surface area contributed by atoms with Crippen molar-refractivity contribution in [3.05, 3.63) is 30.2 Å². The van der Waals surface area contributed by atoms with Crippen molar-refractivity contribution in [3.8, 4) is 11.3 Å². The zero-order valence-electron chi connectivity index (χ0n) is 11.3. The molecule has 5 heteroatoms. The smallest absolute Gasteiger partial charge is 0.0964 e. The number of rotatable bonds is 4. The van der Waals surface area contributed by atoms with Gasteiger partial charge in [0.1, 0.15) is 0 Å². The molecule has 0 spiro atoms. The maximum Gasteiger partial charge on any atom is 0.0964 e. The first kappa shape index (κ1) is 12.0. The molecule has 0 unspecified atom stereocenters. The first-order valence-electron chi connectivity index (χ1n) is 7.33. The first-order chi connectivity index (χ1) is 9.85. The summed E-state index contributed by atoms with van der Waals surface area (Å²) in [6, 6.07) is 4.36. The number of aliphatic hydroxyl groups excluding tert-OH is 1. The van der Waals surface area contributed by atoms with Gasteiger partial charge in [-0.1, -0.05) is 0 Å². The van der Waals surface area contributed by atoms with Crippen molar-refractivity contribution in [2.75, 3.05) is 6.61 Å². The predicted octanol–water partition coefficient (Wildman–Crippen LogP) is 2.16. The van der Waals surface area contributed by atoms with Gasteiger partial charge in [-0.25, -0.2) is 0 Å². The zero-order valence-corrected chi connectivity index (χ0v) is 11.3. The van der Waals surface area contributed by atoms with Gasteiger partial charge in [-0.05, 0) is 43.7 Å². The topological polar surface area (TPSA) is 63.8 Å². The summed E-state index contributed by atoms with van der Waals surface area (Å²) < 4.78 is 2.09. The highest BCUT2D eigenvalue weighted by Gasteiger charge is 2.34. The predicted molar refractivity (Wildman–Crippen MR) is 74.1 cm³/mol. The van der Waals surface area contributed by atoms with Crippen LogP contribution in [0.5, 0.6) is 0 Å². The van der Waals surface area contributed by atoms with E-state index in [0.717, 1.165) is 24.1 Å². The maximum absolute atomic E-state index is 9.14. The molecule has 104 valence electrons. The van der Waals surface area contributed by atoms with Crippen LogP contribution in [0, 0.1) is 5.92 Å². The lowest BCUT2D eigenvalue weighted by Gasteiger charge is -2.34. The standard InChI is InChI=1S/C15H18N4O/c20-9-10-6-12(7-10)19-8-13(14-2-1-5-16-17-14)15(18-19)11-3-4-11/h1-2,5,8,10-12,20H,3-4,6-7,9H2. The van der Waals surface area contributed by atoms with Crippen molar-refractivity contribution >= 4 is 0 Å². The van der Waals surface area contributed by atoms with Crippen LogP contribution >= 0.6 is 0 Å². The molecular weight excluding hydrogens is 252 g/mol. The van der Waals surface area contributed by atoms with Gasteiger partial charge in [0, 0.05) is 30.5 Å². The molecule has 0 aliphatic heterocycles. The third-order valence-corrected chi connectivity index (χ3v) is 4.42. The minimum absolute atomic E-state index is 0.296. The van der Waals surface area contributed by atoms with E-state index in [9.17, 15) is 0 Å². The van der Waals surface area contributed by atoms with Crippen LogP contribution in [0.4, 0.5) is 0 Å². The van der Waals surface area contributed by atoms with Gasteiger partial charge >= 0.3 is 0 Å². The summed E-state index contributed by atoms with van der Waals surface area (Å²) in [6.45, 7) is 0.296. The fourth-order valence-corrected chi connectivity index (χ4v) is 2.96. The molecular formula is C15H18N4O. The fraction of sp³-hybridized carbons (Fsp3) is 0.533. The molecule has 0 saturated heterocycles. The van der Waals surface area contributed by atoms with Crippen LogP contribution < -0.4 is 0 Å². The van der Waals surface area contributed by atoms with E-state index in [2.05, 4.69) is 21.1 Å². The minimum atomic E-state index is 0.296. The Labute approximate surface area is 117 Å². The molecule has 2 saturated carbocycles. The minimum Gasteiger partial charge on any atom is -0.396 e. The third-order valence-electron chi connectivity index (χ3n) is 4.42. The Balaban J connectivity index is 1.66. The first-order valence-corrected chi connectivity index (χ1v) is 7.33. The van der Waals surface area contributed by atoms with Crippen LogP contribution in [-0.4, -0.2) is 31.7 Å². The third kappa shape index (κ3) is 2.02. The highest BCUT2D eigenvalue weighted by Crippen LogP contribution is 2.45. The average molecular weight is 270 g/mol. The summed E-state index contributed by atoms with van der Waals surface area (Å²) in [5.41, 5.74) is 3.23. The van der Waals surface area contributed by atoms with Crippen LogP contribution in [0.3, 0.4) is 0 Å². The van der Waals surface area contributed by atoms with Gasteiger partial charge in [0.15, 0.2) is 0 Å². The molecule has 0 bridgehead atoms. The Morgan fingerprint density at radius 3 is 2.80 bits per heavy atom. The molecule has 0 amide bonds. The highest BCUT2D eigenvalue weighted by atomic mass is 16.3. The molecule has 2 heterocycles. The second-order valence-corrected chi connectivity index (χ2v) is 5.97. The van der Waals surface area contributed by atoms with Crippen LogP contribution in [0.15, 0.2) is 24.5 Å². The van der Waals surface area contributed by atoms with E-state index in [4.69, 9.17) is 10.2 Å². The van der Waals surface area contributed by atoms with Gasteiger partial charge in [-0.3, -0.25) is 4.68 Å². The molecule has 2 aromatic heterocycles. The highest BCUT2D eigenvalue weighted by molar-refractivity contribution is 5.62. The molecule has 20 heavy (non-hydrogen) atoms. The molecule has 4 rings (SSSR count). The molecule has 0 aromatic carbocycles. The molecule has 5 nitrogen and oxygen atoms in total. The molecule has 0 radical (unpaired) electrons. The Bertz CT molecular complexity index is 600. The lowest BCUT2D eigenvalue weighted by atomic mass is 9.81. The maximum atomic E-state index is 9.14. The van der Waals surface area contributed by atoms with Gasteiger partial charge < -0.3 is 5.11 Å². The summed E-state index contributed by atoms with van der Waals surface area (Å²) in [4.78, 5) is 0. The van der Waals surface area contributed by atoms with E-state index in [1.54, 1.807) is 6.20 Å². The van der Waals surface area contributed by atoms with Crippen LogP contribution in [0.1, 0.15) is 43.3 Å². The van der Waals surface area contributed by atoms with Gasteiger partial charge in [-0.15, -0.1) is 0 Å². The van der Waals surface area contributed by atoms with E-state index in [0.29, 0.717) is 24.5 Å². The van der Waals surface area contributed by atoms with Crippen molar-refractivity contribution in [1.29, 1.82) is 0 Å². The summed E-state index contributed by atoms with van der Waals surface area (Å²) in [6.07, 6.45) is 8.34. The Hall–Kier alpha value is -1.75. The SMILES string of the molecule is OCC1CC(n2cc(-c3cccnn3)c(C3CC3)n2)C1. The summed E-state index contributed by atoms with van der Waals surface area (Å²) in [7, 11) is 0. The van der Waals surface area contributed by atoms with Crippen LogP contribution in [-0.2, 0) is 0 Å². The van der Waals surface area contributed by atoms with E-state index >= 15 is 0 Å². The second kappa shape index (κ2) is 4.66. The average Bonchev–Trinajstić information content (AvgIpc) is 3.19. The molecule has 2 aromatic rings. The largest absolute Gasteiger partial charge is 0.396 e. The van der Waals surface area contributed by atoms with Gasteiger partial charge in [0.2, 0.25) is 0 Å². The quantitative estimate of drug-likeness (QED) is 0.924. The van der Waals surface area contributed by atoms with Gasteiger partial charge in [-0.2, -0.15) is 15.3 Å². The molecule has 2 fully saturated rings. The van der Waals surface area contributed by atoms with E-state index < -0.39 is 0 Å². The lowest BCUT2D eigenvalue weighted by Crippen LogP contribution is -2.29. The summed E-state index contributed by atoms with van der Waals surface area (Å²) in [5, 5.41) is 22.1.